The number of amides is 1. The number of hydrogen-bond acceptors (Lipinski definition) is 5. The summed E-state index contributed by atoms with van der Waals surface area (Å²) in [4.78, 5) is 13.4. The molecule has 0 rings (SSSR count). The maximum absolute atomic E-state index is 11.6. The van der Waals surface area contributed by atoms with Crippen LogP contribution in [0.25, 0.3) is 0 Å². The third kappa shape index (κ3) is 11.9. The van der Waals surface area contributed by atoms with Crippen molar-refractivity contribution in [3.8, 4) is 0 Å². The Balaban J connectivity index is 4.47. The van der Waals surface area contributed by atoms with Crippen LogP contribution < -0.4 is 5.32 Å². The molecule has 0 aromatic heterocycles. The van der Waals surface area contributed by atoms with Gasteiger partial charge in [0.2, 0.25) is 0 Å². The van der Waals surface area contributed by atoms with Crippen molar-refractivity contribution in [2.45, 2.75) is 38.8 Å². The molecule has 0 aliphatic carbocycles. The van der Waals surface area contributed by atoms with Gasteiger partial charge in [-0.25, -0.2) is 4.79 Å². The molecule has 0 aromatic carbocycles. The topological polar surface area (TPSA) is 95.9 Å². The Morgan fingerprint density at radius 2 is 1.89 bits per heavy atom. The largest absolute Gasteiger partial charge is 0.444 e. The van der Waals surface area contributed by atoms with E-state index in [1.54, 1.807) is 34.9 Å². The Morgan fingerprint density at radius 1 is 1.37 bits per heavy atom. The van der Waals surface area contributed by atoms with Crippen molar-refractivity contribution in [3.05, 3.63) is 0 Å². The van der Waals surface area contributed by atoms with E-state index in [0.29, 0.717) is 6.54 Å². The van der Waals surface area contributed by atoms with Gasteiger partial charge in [-0.2, -0.15) is 8.42 Å². The molecular formula is C11H24N2O5S. The standard InChI is InChI=1S/C11H24N2O5S/c1-11(2,3)18-10(14)12-9(8-13(4)5)6-7-19(15,16)17/h9H,6-8H2,1-5H3,(H,12,14)(H,15,16,17)/t9-/m1/s1. The summed E-state index contributed by atoms with van der Waals surface area (Å²) in [6.07, 6.45) is -0.481. The minimum absolute atomic E-state index is 0.121. The Kier molecular flexibility index (Phi) is 6.74. The van der Waals surface area contributed by atoms with Crippen LogP contribution >= 0.6 is 0 Å². The van der Waals surface area contributed by atoms with Gasteiger partial charge in [0.25, 0.3) is 10.1 Å². The highest BCUT2D eigenvalue weighted by Gasteiger charge is 2.21. The van der Waals surface area contributed by atoms with Crippen LogP contribution in [0.1, 0.15) is 27.2 Å². The first kappa shape index (κ1) is 18.1. The van der Waals surface area contributed by atoms with Crippen LogP contribution in [0, 0.1) is 0 Å². The Bertz CT molecular complexity index is 386. The summed E-state index contributed by atoms with van der Waals surface area (Å²) >= 11 is 0. The highest BCUT2D eigenvalue weighted by atomic mass is 32.2. The van der Waals surface area contributed by atoms with E-state index in [-0.39, 0.29) is 6.42 Å². The van der Waals surface area contributed by atoms with Gasteiger partial charge < -0.3 is 15.0 Å². The molecule has 7 nitrogen and oxygen atoms in total. The van der Waals surface area contributed by atoms with E-state index in [1.165, 1.54) is 0 Å². The van der Waals surface area contributed by atoms with Crippen molar-refractivity contribution in [2.75, 3.05) is 26.4 Å². The number of carbonyl (C=O) groups is 1. The summed E-state index contributed by atoms with van der Waals surface area (Å²) in [6.45, 7) is 5.68. The van der Waals surface area contributed by atoms with E-state index >= 15 is 0 Å². The number of nitrogens with one attached hydrogen (secondary N) is 1. The molecule has 0 saturated heterocycles. The van der Waals surface area contributed by atoms with Crippen LogP contribution in [0.2, 0.25) is 0 Å². The number of carbonyl (C=O) groups excluding carboxylic acids is 1. The summed E-state index contributed by atoms with van der Waals surface area (Å²) < 4.78 is 35.3. The van der Waals surface area contributed by atoms with Crippen molar-refractivity contribution in [1.29, 1.82) is 0 Å². The van der Waals surface area contributed by atoms with Crippen LogP contribution in [0.3, 0.4) is 0 Å². The molecule has 0 heterocycles. The molecule has 0 aromatic rings. The van der Waals surface area contributed by atoms with E-state index in [1.807, 2.05) is 4.90 Å². The van der Waals surface area contributed by atoms with E-state index in [9.17, 15) is 13.2 Å². The fourth-order valence-electron chi connectivity index (χ4n) is 1.42. The first-order valence-corrected chi connectivity index (χ1v) is 7.59. The maximum Gasteiger partial charge on any atom is 0.407 e. The SMILES string of the molecule is CN(C)C[C@@H](CCS(=O)(=O)O)NC(=O)OC(C)(C)C. The first-order chi connectivity index (χ1) is 8.39. The summed E-state index contributed by atoms with van der Waals surface area (Å²) in [5.74, 6) is -0.401. The maximum atomic E-state index is 11.6. The molecular weight excluding hydrogens is 272 g/mol. The van der Waals surface area contributed by atoms with Crippen LogP contribution in [-0.2, 0) is 14.9 Å². The van der Waals surface area contributed by atoms with E-state index in [4.69, 9.17) is 9.29 Å². The zero-order chi connectivity index (χ0) is 15.3. The number of rotatable bonds is 6. The van der Waals surface area contributed by atoms with Crippen LogP contribution in [0.5, 0.6) is 0 Å². The lowest BCUT2D eigenvalue weighted by molar-refractivity contribution is 0.0495. The van der Waals surface area contributed by atoms with Gasteiger partial charge in [0.05, 0.1) is 5.75 Å². The number of nitrogens with zero attached hydrogens (tertiary/aromatic N) is 1. The smallest absolute Gasteiger partial charge is 0.407 e. The van der Waals surface area contributed by atoms with Crippen LogP contribution in [-0.4, -0.2) is 62.0 Å². The van der Waals surface area contributed by atoms with Crippen LogP contribution in [0.4, 0.5) is 4.79 Å². The van der Waals surface area contributed by atoms with Crippen molar-refractivity contribution < 1.29 is 22.5 Å². The molecule has 0 spiro atoms. The summed E-state index contributed by atoms with van der Waals surface area (Å²) in [5, 5.41) is 2.60. The minimum atomic E-state index is -4.04. The fraction of sp³-hybridized carbons (Fsp3) is 0.909. The molecule has 0 fully saturated rings. The van der Waals surface area contributed by atoms with Crippen molar-refractivity contribution in [2.24, 2.45) is 0 Å². The minimum Gasteiger partial charge on any atom is -0.444 e. The lowest BCUT2D eigenvalue weighted by Crippen LogP contribution is -2.44. The van der Waals surface area contributed by atoms with Crippen molar-refractivity contribution >= 4 is 16.2 Å². The van der Waals surface area contributed by atoms with Gasteiger partial charge in [0.15, 0.2) is 0 Å². The molecule has 0 bridgehead atoms. The molecule has 0 radical (unpaired) electrons. The van der Waals surface area contributed by atoms with Crippen molar-refractivity contribution in [3.63, 3.8) is 0 Å². The van der Waals surface area contributed by atoms with E-state index < -0.39 is 33.6 Å². The van der Waals surface area contributed by atoms with E-state index in [2.05, 4.69) is 5.32 Å². The molecule has 1 amide bonds. The number of likely N-dealkylation sites (N-methyl/N-ethyl adjacent to an activating group) is 1. The molecule has 0 aliphatic heterocycles. The predicted molar refractivity (Wildman–Crippen MR) is 72.7 cm³/mol. The fourth-order valence-corrected chi connectivity index (χ4v) is 2.00. The zero-order valence-corrected chi connectivity index (χ0v) is 13.0. The van der Waals surface area contributed by atoms with Gasteiger partial charge in [-0.15, -0.1) is 0 Å². The molecule has 0 saturated carbocycles. The molecule has 2 N–H and O–H groups in total. The average molecular weight is 296 g/mol. The average Bonchev–Trinajstić information content (AvgIpc) is 2.08. The van der Waals surface area contributed by atoms with Crippen molar-refractivity contribution in [1.82, 2.24) is 10.2 Å². The predicted octanol–water partition coefficient (Wildman–Crippen LogP) is 0.719. The second-order valence-electron chi connectivity index (χ2n) is 5.68. The third-order valence-electron chi connectivity index (χ3n) is 2.03. The Morgan fingerprint density at radius 3 is 2.26 bits per heavy atom. The molecule has 0 unspecified atom stereocenters. The summed E-state index contributed by atoms with van der Waals surface area (Å²) in [7, 11) is -0.431. The summed E-state index contributed by atoms with van der Waals surface area (Å²) in [6, 6.07) is -0.410. The molecule has 0 aliphatic rings. The molecule has 114 valence electrons. The summed E-state index contributed by atoms with van der Waals surface area (Å²) in [5.41, 5.74) is -0.615. The van der Waals surface area contributed by atoms with Gasteiger partial charge >= 0.3 is 6.09 Å². The van der Waals surface area contributed by atoms with Gasteiger partial charge in [0, 0.05) is 12.6 Å². The zero-order valence-electron chi connectivity index (χ0n) is 12.1. The Labute approximate surface area is 115 Å². The van der Waals surface area contributed by atoms with Gasteiger partial charge in [0.1, 0.15) is 5.60 Å². The van der Waals surface area contributed by atoms with Gasteiger partial charge in [-0.05, 0) is 41.3 Å². The number of hydrogen-bond donors (Lipinski definition) is 2. The highest BCUT2D eigenvalue weighted by Crippen LogP contribution is 2.07. The second kappa shape index (κ2) is 7.06. The molecule has 1 atom stereocenters. The highest BCUT2D eigenvalue weighted by molar-refractivity contribution is 7.85. The molecule has 19 heavy (non-hydrogen) atoms. The van der Waals surface area contributed by atoms with E-state index in [0.717, 1.165) is 0 Å². The third-order valence-corrected chi connectivity index (χ3v) is 2.78. The van der Waals surface area contributed by atoms with Crippen LogP contribution in [0.15, 0.2) is 0 Å². The quantitative estimate of drug-likeness (QED) is 0.701. The number of ether oxygens (including phenoxy) is 1. The number of alkyl carbamates (subject to hydrolysis) is 1. The monoisotopic (exact) mass is 296 g/mol. The Hall–Kier alpha value is -0.860. The molecule has 8 heteroatoms. The van der Waals surface area contributed by atoms with Gasteiger partial charge in [-0.3, -0.25) is 4.55 Å². The second-order valence-corrected chi connectivity index (χ2v) is 7.25. The lowest BCUT2D eigenvalue weighted by atomic mass is 10.2. The first-order valence-electron chi connectivity index (χ1n) is 5.98. The lowest BCUT2D eigenvalue weighted by Gasteiger charge is -2.25. The normalized spacial score (nSPS) is 14.3. The van der Waals surface area contributed by atoms with Gasteiger partial charge in [-0.1, -0.05) is 0 Å².